The van der Waals surface area contributed by atoms with Crippen LogP contribution >= 0.6 is 18.9 Å². The zero-order valence-corrected chi connectivity index (χ0v) is 20.8. The van der Waals surface area contributed by atoms with Crippen molar-refractivity contribution in [2.75, 3.05) is 24.4 Å². The minimum Gasteiger partial charge on any atom is -0.383 e. The average molecular weight is 494 g/mol. The normalized spacial score (nSPS) is 12.3. The number of thioether (sulfide) groups is 1. The van der Waals surface area contributed by atoms with Crippen LogP contribution in [0.2, 0.25) is 0 Å². The maximum atomic E-state index is 14.0. The zero-order valence-electron chi connectivity index (χ0n) is 19.1. The number of alkyl halides is 3. The van der Waals surface area contributed by atoms with Gasteiger partial charge < -0.3 is 15.6 Å². The first kappa shape index (κ1) is 25.2. The number of hydrogen-bond donors (Lipinski definition) is 2. The summed E-state index contributed by atoms with van der Waals surface area (Å²) in [4.78, 5) is 4.69. The van der Waals surface area contributed by atoms with Crippen molar-refractivity contribution in [1.29, 1.82) is 0 Å². The third-order valence-electron chi connectivity index (χ3n) is 5.02. The number of nitrogens with zero attached hydrogens (tertiary/aromatic N) is 1. The fourth-order valence-electron chi connectivity index (χ4n) is 3.47. The standard InChI is InChI=1S/C24H27F3N3OPS/c1-14(2)33-20-9-7-6-8-19(20)30-22-18(24(25,26)27)13-29-23(28)21(22)17-11-10-16(12-15(17)3)32(4,5)31/h6-14H,1-5H3,(H3,28,29,30). The molecule has 0 bridgehead atoms. The Morgan fingerprint density at radius 2 is 1.79 bits per heavy atom. The number of nitrogen functional groups attached to an aromatic ring is 1. The van der Waals surface area contributed by atoms with Gasteiger partial charge in [-0.05, 0) is 49.6 Å². The van der Waals surface area contributed by atoms with Gasteiger partial charge in [0, 0.05) is 27.2 Å². The lowest BCUT2D eigenvalue weighted by molar-refractivity contribution is -0.137. The van der Waals surface area contributed by atoms with E-state index in [9.17, 15) is 17.7 Å². The number of halogens is 3. The molecule has 3 N–H and O–H groups in total. The molecule has 1 heterocycles. The molecule has 33 heavy (non-hydrogen) atoms. The van der Waals surface area contributed by atoms with E-state index in [-0.39, 0.29) is 22.3 Å². The molecular formula is C24H27F3N3OPS. The van der Waals surface area contributed by atoms with E-state index in [0.717, 1.165) is 11.1 Å². The van der Waals surface area contributed by atoms with Gasteiger partial charge in [-0.2, -0.15) is 13.2 Å². The predicted molar refractivity (Wildman–Crippen MR) is 134 cm³/mol. The molecule has 0 fully saturated rings. The Hall–Kier alpha value is -2.44. The van der Waals surface area contributed by atoms with Gasteiger partial charge in [0.2, 0.25) is 0 Å². The molecule has 0 saturated carbocycles. The van der Waals surface area contributed by atoms with Gasteiger partial charge in [-0.15, -0.1) is 11.8 Å². The summed E-state index contributed by atoms with van der Waals surface area (Å²) in [6.45, 7) is 9.10. The lowest BCUT2D eigenvalue weighted by atomic mass is 9.97. The molecule has 0 aliphatic rings. The van der Waals surface area contributed by atoms with Gasteiger partial charge in [0.1, 0.15) is 13.0 Å². The number of rotatable bonds is 6. The van der Waals surface area contributed by atoms with Crippen LogP contribution in [0.4, 0.5) is 30.4 Å². The predicted octanol–water partition coefficient (Wildman–Crippen LogP) is 7.15. The Kier molecular flexibility index (Phi) is 7.20. The first-order chi connectivity index (χ1) is 15.3. The summed E-state index contributed by atoms with van der Waals surface area (Å²) in [6.07, 6.45) is -3.89. The number of pyridine rings is 1. The summed E-state index contributed by atoms with van der Waals surface area (Å²) in [5.41, 5.74) is 6.97. The fourth-order valence-corrected chi connectivity index (χ4v) is 5.32. The zero-order chi connectivity index (χ0) is 24.6. The van der Waals surface area contributed by atoms with Crippen molar-refractivity contribution < 1.29 is 17.7 Å². The average Bonchev–Trinajstić information content (AvgIpc) is 2.68. The summed E-state index contributed by atoms with van der Waals surface area (Å²) in [6, 6.07) is 12.3. The van der Waals surface area contributed by atoms with Crippen LogP contribution in [0.1, 0.15) is 25.0 Å². The second kappa shape index (κ2) is 9.43. The van der Waals surface area contributed by atoms with E-state index in [0.29, 0.717) is 22.1 Å². The third kappa shape index (κ3) is 5.74. The lowest BCUT2D eigenvalue weighted by Crippen LogP contribution is -2.13. The molecule has 0 radical (unpaired) electrons. The monoisotopic (exact) mass is 493 g/mol. The molecule has 2 aromatic carbocycles. The summed E-state index contributed by atoms with van der Waals surface area (Å²) < 4.78 is 54.6. The number of para-hydroxylation sites is 1. The molecule has 0 aliphatic carbocycles. The molecule has 1 aromatic heterocycles. The minimum atomic E-state index is -4.64. The molecule has 9 heteroatoms. The highest BCUT2D eigenvalue weighted by Crippen LogP contribution is 2.46. The Morgan fingerprint density at radius 1 is 1.12 bits per heavy atom. The number of benzene rings is 2. The summed E-state index contributed by atoms with van der Waals surface area (Å²) in [7, 11) is -2.54. The lowest BCUT2D eigenvalue weighted by Gasteiger charge is -2.22. The number of nitrogens with two attached hydrogens (primary N) is 1. The summed E-state index contributed by atoms with van der Waals surface area (Å²) in [5, 5.41) is 3.91. The number of aromatic nitrogens is 1. The van der Waals surface area contributed by atoms with Crippen molar-refractivity contribution in [3.63, 3.8) is 0 Å². The van der Waals surface area contributed by atoms with Crippen LogP contribution in [0.15, 0.2) is 53.6 Å². The van der Waals surface area contributed by atoms with Crippen molar-refractivity contribution in [2.24, 2.45) is 0 Å². The Bertz CT molecular complexity index is 1220. The van der Waals surface area contributed by atoms with E-state index >= 15 is 0 Å². The van der Waals surface area contributed by atoms with Crippen LogP contribution in [0.5, 0.6) is 0 Å². The van der Waals surface area contributed by atoms with E-state index < -0.39 is 18.9 Å². The summed E-state index contributed by atoms with van der Waals surface area (Å²) in [5.74, 6) is -0.0217. The van der Waals surface area contributed by atoms with Gasteiger partial charge in [-0.3, -0.25) is 0 Å². The van der Waals surface area contributed by atoms with E-state index in [1.165, 1.54) is 0 Å². The van der Waals surface area contributed by atoms with Crippen molar-refractivity contribution in [3.8, 4) is 11.1 Å². The van der Waals surface area contributed by atoms with Crippen LogP contribution < -0.4 is 16.4 Å². The second-order valence-corrected chi connectivity index (χ2v) is 13.3. The molecule has 3 aromatic rings. The van der Waals surface area contributed by atoms with Gasteiger partial charge in [0.05, 0.1) is 16.9 Å². The highest BCUT2D eigenvalue weighted by atomic mass is 32.2. The van der Waals surface area contributed by atoms with Crippen LogP contribution in [0.25, 0.3) is 11.1 Å². The smallest absolute Gasteiger partial charge is 0.383 e. The number of anilines is 3. The molecule has 0 unspecified atom stereocenters. The molecule has 0 spiro atoms. The number of aryl methyl sites for hydroxylation is 1. The van der Waals surface area contributed by atoms with Crippen LogP contribution in [-0.4, -0.2) is 23.6 Å². The van der Waals surface area contributed by atoms with Gasteiger partial charge in [-0.25, -0.2) is 4.98 Å². The fraction of sp³-hybridized carbons (Fsp3) is 0.292. The maximum Gasteiger partial charge on any atom is 0.419 e. The molecular weight excluding hydrogens is 466 g/mol. The summed E-state index contributed by atoms with van der Waals surface area (Å²) >= 11 is 1.55. The Balaban J connectivity index is 2.27. The van der Waals surface area contributed by atoms with E-state index in [2.05, 4.69) is 10.3 Å². The molecule has 0 atom stereocenters. The topological polar surface area (TPSA) is 68.0 Å². The van der Waals surface area contributed by atoms with E-state index in [4.69, 9.17) is 5.73 Å². The molecule has 4 nitrogen and oxygen atoms in total. The maximum absolute atomic E-state index is 14.0. The quantitative estimate of drug-likeness (QED) is 0.282. The van der Waals surface area contributed by atoms with Gasteiger partial charge in [0.15, 0.2) is 0 Å². The van der Waals surface area contributed by atoms with E-state index in [1.54, 1.807) is 62.3 Å². The van der Waals surface area contributed by atoms with Gasteiger partial charge in [0.25, 0.3) is 0 Å². The number of hydrogen-bond acceptors (Lipinski definition) is 5. The van der Waals surface area contributed by atoms with Gasteiger partial charge >= 0.3 is 6.18 Å². The second-order valence-electron chi connectivity index (χ2n) is 8.44. The van der Waals surface area contributed by atoms with Crippen LogP contribution in [0, 0.1) is 6.92 Å². The Labute approximate surface area is 196 Å². The van der Waals surface area contributed by atoms with Gasteiger partial charge in [-0.1, -0.05) is 38.1 Å². The highest BCUT2D eigenvalue weighted by molar-refractivity contribution is 8.00. The van der Waals surface area contributed by atoms with E-state index in [1.807, 2.05) is 26.0 Å². The highest BCUT2D eigenvalue weighted by Gasteiger charge is 2.36. The Morgan fingerprint density at radius 3 is 2.36 bits per heavy atom. The number of nitrogens with one attached hydrogen (secondary N) is 1. The first-order valence-electron chi connectivity index (χ1n) is 10.3. The molecule has 176 valence electrons. The largest absolute Gasteiger partial charge is 0.419 e. The minimum absolute atomic E-state index is 0.0217. The van der Waals surface area contributed by atoms with Crippen molar-refractivity contribution >= 4 is 41.4 Å². The van der Waals surface area contributed by atoms with Crippen molar-refractivity contribution in [3.05, 3.63) is 59.8 Å². The SMILES string of the molecule is Cc1cc(P(C)(C)=O)ccc1-c1c(N)ncc(C(F)(F)F)c1Nc1ccccc1SC(C)C. The molecule has 0 amide bonds. The molecule has 3 rings (SSSR count). The van der Waals surface area contributed by atoms with Crippen molar-refractivity contribution in [1.82, 2.24) is 4.98 Å². The first-order valence-corrected chi connectivity index (χ1v) is 13.8. The molecule has 0 aliphatic heterocycles. The van der Waals surface area contributed by atoms with Crippen LogP contribution in [0.3, 0.4) is 0 Å². The molecule has 0 saturated heterocycles. The third-order valence-corrected chi connectivity index (χ3v) is 7.63. The van der Waals surface area contributed by atoms with Crippen molar-refractivity contribution in [2.45, 2.75) is 37.1 Å². The van der Waals surface area contributed by atoms with Crippen LogP contribution in [-0.2, 0) is 10.7 Å².